The molecular weight excluding hydrogens is 376 g/mol. The fraction of sp³-hybridized carbons (Fsp3) is 0.286. The van der Waals surface area contributed by atoms with Crippen LogP contribution in [0, 0.1) is 6.92 Å². The fourth-order valence-corrected chi connectivity index (χ4v) is 4.53. The lowest BCUT2D eigenvalue weighted by molar-refractivity contribution is -0.118. The lowest BCUT2D eigenvalue weighted by Crippen LogP contribution is -2.58. The first-order valence-electron chi connectivity index (χ1n) is 8.48. The van der Waals surface area contributed by atoms with Crippen LogP contribution in [0.2, 0.25) is 0 Å². The summed E-state index contributed by atoms with van der Waals surface area (Å²) in [4.78, 5) is 14.5. The van der Waals surface area contributed by atoms with E-state index in [1.54, 1.807) is 0 Å². The summed E-state index contributed by atoms with van der Waals surface area (Å²) >= 11 is 3.52. The molecule has 0 spiro atoms. The Hall–Kier alpha value is -2.07. The van der Waals surface area contributed by atoms with Crippen LogP contribution >= 0.6 is 15.9 Å². The van der Waals surface area contributed by atoms with E-state index in [1.165, 1.54) is 11.1 Å². The van der Waals surface area contributed by atoms with Gasteiger partial charge in [-0.05, 0) is 42.3 Å². The van der Waals surface area contributed by atoms with E-state index >= 15 is 0 Å². The third-order valence-electron chi connectivity index (χ3n) is 5.49. The molecule has 128 valence electrons. The second-order valence-corrected chi connectivity index (χ2v) is 8.35. The highest BCUT2D eigenvalue weighted by atomic mass is 79.9. The first-order chi connectivity index (χ1) is 11.8. The smallest absolute Gasteiger partial charge is 0.241 e. The third kappa shape index (κ3) is 2.35. The first-order valence-corrected chi connectivity index (χ1v) is 9.27. The Morgan fingerprint density at radius 2 is 2.00 bits per heavy atom. The van der Waals surface area contributed by atoms with Gasteiger partial charge in [-0.1, -0.05) is 65.7 Å². The minimum atomic E-state index is -0.539. The normalized spacial score (nSPS) is 23.7. The minimum absolute atomic E-state index is 0.0678. The predicted molar refractivity (Wildman–Crippen MR) is 106 cm³/mol. The second-order valence-electron chi connectivity index (χ2n) is 7.43. The number of amides is 1. The van der Waals surface area contributed by atoms with Crippen LogP contribution in [0.1, 0.15) is 30.5 Å². The maximum absolute atomic E-state index is 12.3. The summed E-state index contributed by atoms with van der Waals surface area (Å²) in [5.41, 5.74) is 4.00. The molecular formula is C21H21BrN2O. The third-order valence-corrected chi connectivity index (χ3v) is 5.99. The molecule has 0 unspecified atom stereocenters. The van der Waals surface area contributed by atoms with Crippen LogP contribution < -0.4 is 10.2 Å². The van der Waals surface area contributed by atoms with E-state index in [1.807, 2.05) is 12.1 Å². The van der Waals surface area contributed by atoms with Crippen molar-refractivity contribution < 1.29 is 4.79 Å². The Bertz CT molecular complexity index is 903. The molecule has 0 aromatic heterocycles. The molecule has 3 nitrogen and oxygen atoms in total. The number of hydrogen-bond donors (Lipinski definition) is 1. The zero-order valence-electron chi connectivity index (χ0n) is 14.6. The molecule has 2 aromatic carbocycles. The lowest BCUT2D eigenvalue weighted by Gasteiger charge is -2.40. The van der Waals surface area contributed by atoms with Crippen LogP contribution in [-0.4, -0.2) is 18.1 Å². The number of carbonyl (C=O) groups is 1. The van der Waals surface area contributed by atoms with E-state index in [0.717, 1.165) is 15.7 Å². The number of fused-ring (bicyclic) bond motifs is 3. The standard InChI is InChI=1S/C21H21BrN2O/c1-14-7-8-18-17(11-14)20(2,3)21(23-19(25)13-24(18)21)10-9-15-5-4-6-16(22)12-15/h4-12H,13H2,1-3H3,(H,23,25)/b10-9+/t21-/m0/s1. The van der Waals surface area contributed by atoms with E-state index in [9.17, 15) is 4.79 Å². The monoisotopic (exact) mass is 396 g/mol. The Kier molecular flexibility index (Phi) is 3.58. The Labute approximate surface area is 156 Å². The number of rotatable bonds is 2. The van der Waals surface area contributed by atoms with Gasteiger partial charge in [-0.2, -0.15) is 0 Å². The quantitative estimate of drug-likeness (QED) is 0.815. The summed E-state index contributed by atoms with van der Waals surface area (Å²) in [7, 11) is 0. The molecule has 1 atom stereocenters. The van der Waals surface area contributed by atoms with Gasteiger partial charge in [-0.25, -0.2) is 0 Å². The van der Waals surface area contributed by atoms with Crippen molar-refractivity contribution in [3.8, 4) is 0 Å². The molecule has 2 aliphatic heterocycles. The van der Waals surface area contributed by atoms with E-state index in [4.69, 9.17) is 0 Å². The van der Waals surface area contributed by atoms with Gasteiger partial charge < -0.3 is 10.2 Å². The number of aryl methyl sites for hydroxylation is 1. The van der Waals surface area contributed by atoms with Crippen molar-refractivity contribution >= 4 is 33.6 Å². The summed E-state index contributed by atoms with van der Waals surface area (Å²) in [6, 6.07) is 14.7. The van der Waals surface area contributed by atoms with Crippen molar-refractivity contribution in [1.29, 1.82) is 0 Å². The number of benzene rings is 2. The zero-order valence-corrected chi connectivity index (χ0v) is 16.2. The molecule has 4 heteroatoms. The topological polar surface area (TPSA) is 32.3 Å². The zero-order chi connectivity index (χ0) is 17.8. The van der Waals surface area contributed by atoms with Crippen LogP contribution in [0.15, 0.2) is 53.0 Å². The van der Waals surface area contributed by atoms with E-state index < -0.39 is 5.66 Å². The van der Waals surface area contributed by atoms with Crippen molar-refractivity contribution in [3.63, 3.8) is 0 Å². The predicted octanol–water partition coefficient (Wildman–Crippen LogP) is 4.39. The van der Waals surface area contributed by atoms with Crippen molar-refractivity contribution in [2.45, 2.75) is 31.8 Å². The second kappa shape index (κ2) is 5.46. The Morgan fingerprint density at radius 3 is 2.76 bits per heavy atom. The molecule has 0 aliphatic carbocycles. The first kappa shape index (κ1) is 16.4. The average molecular weight is 397 g/mol. The van der Waals surface area contributed by atoms with Crippen LogP contribution in [0.5, 0.6) is 0 Å². The largest absolute Gasteiger partial charge is 0.335 e. The van der Waals surface area contributed by atoms with E-state index in [2.05, 4.69) is 89.4 Å². The highest BCUT2D eigenvalue weighted by Crippen LogP contribution is 2.53. The van der Waals surface area contributed by atoms with Crippen LogP contribution in [0.4, 0.5) is 5.69 Å². The Balaban J connectivity index is 1.85. The molecule has 2 aromatic rings. The highest BCUT2D eigenvalue weighted by Gasteiger charge is 2.59. The summed E-state index contributed by atoms with van der Waals surface area (Å²) in [6.45, 7) is 6.93. The van der Waals surface area contributed by atoms with Gasteiger partial charge in [-0.3, -0.25) is 4.79 Å². The van der Waals surface area contributed by atoms with E-state index in [0.29, 0.717) is 6.54 Å². The van der Waals surface area contributed by atoms with Gasteiger partial charge in [0.25, 0.3) is 0 Å². The SMILES string of the molecule is Cc1ccc2c(c1)C(C)(C)[C@@]1(/C=C/c3cccc(Br)c3)NC(=O)CN21. The number of halogens is 1. The summed E-state index contributed by atoms with van der Waals surface area (Å²) in [5.74, 6) is 0.0678. The molecule has 0 saturated carbocycles. The number of anilines is 1. The van der Waals surface area contributed by atoms with Crippen LogP contribution in [0.3, 0.4) is 0 Å². The molecule has 0 bridgehead atoms. The van der Waals surface area contributed by atoms with Gasteiger partial charge in [0.1, 0.15) is 5.66 Å². The number of hydrogen-bond acceptors (Lipinski definition) is 2. The Morgan fingerprint density at radius 1 is 1.20 bits per heavy atom. The minimum Gasteiger partial charge on any atom is -0.335 e. The van der Waals surface area contributed by atoms with Crippen LogP contribution in [0.25, 0.3) is 6.08 Å². The molecule has 1 fully saturated rings. The maximum atomic E-state index is 12.3. The van der Waals surface area contributed by atoms with Crippen LogP contribution in [-0.2, 0) is 10.2 Å². The number of nitrogens with one attached hydrogen (secondary N) is 1. The molecule has 1 saturated heterocycles. The molecule has 2 aliphatic rings. The molecule has 1 N–H and O–H groups in total. The molecule has 25 heavy (non-hydrogen) atoms. The van der Waals surface area contributed by atoms with Gasteiger partial charge in [-0.15, -0.1) is 0 Å². The maximum Gasteiger partial charge on any atom is 0.241 e. The summed E-state index contributed by atoms with van der Waals surface area (Å²) in [5, 5.41) is 3.26. The average Bonchev–Trinajstić information content (AvgIpc) is 2.98. The highest BCUT2D eigenvalue weighted by molar-refractivity contribution is 9.10. The van der Waals surface area contributed by atoms with Crippen molar-refractivity contribution in [2.75, 3.05) is 11.4 Å². The van der Waals surface area contributed by atoms with Gasteiger partial charge in [0.15, 0.2) is 0 Å². The lowest BCUT2D eigenvalue weighted by atomic mass is 9.75. The summed E-state index contributed by atoms with van der Waals surface area (Å²) in [6.07, 6.45) is 4.25. The van der Waals surface area contributed by atoms with Crippen molar-refractivity contribution in [1.82, 2.24) is 5.32 Å². The van der Waals surface area contributed by atoms with E-state index in [-0.39, 0.29) is 11.3 Å². The molecule has 1 amide bonds. The van der Waals surface area contributed by atoms with Gasteiger partial charge in [0.2, 0.25) is 5.91 Å². The fourth-order valence-electron chi connectivity index (χ4n) is 4.11. The van der Waals surface area contributed by atoms with Gasteiger partial charge in [0, 0.05) is 15.6 Å². The summed E-state index contributed by atoms with van der Waals surface area (Å²) < 4.78 is 1.05. The number of carbonyl (C=O) groups excluding carboxylic acids is 1. The molecule has 4 rings (SSSR count). The molecule has 0 radical (unpaired) electrons. The number of nitrogens with zero attached hydrogens (tertiary/aromatic N) is 1. The van der Waals surface area contributed by atoms with Crippen molar-refractivity contribution in [2.24, 2.45) is 0 Å². The molecule has 2 heterocycles. The van der Waals surface area contributed by atoms with Crippen molar-refractivity contribution in [3.05, 3.63) is 69.7 Å². The van der Waals surface area contributed by atoms with Gasteiger partial charge >= 0.3 is 0 Å². The van der Waals surface area contributed by atoms with Gasteiger partial charge in [0.05, 0.1) is 6.54 Å².